The predicted octanol–water partition coefficient (Wildman–Crippen LogP) is 2.94. The predicted molar refractivity (Wildman–Crippen MR) is 115 cm³/mol. The van der Waals surface area contributed by atoms with Crippen molar-refractivity contribution in [3.8, 4) is 5.75 Å². The molecule has 1 heterocycles. The zero-order chi connectivity index (χ0) is 18.6. The molecule has 6 nitrogen and oxygen atoms in total. The maximum absolute atomic E-state index is 12.8. The Hall–Kier alpha value is -0.920. The number of aliphatic hydroxyl groups excluding tert-OH is 1. The van der Waals surface area contributed by atoms with Crippen LogP contribution in [0.25, 0.3) is 0 Å². The number of ether oxygens (including phenoxy) is 1. The van der Waals surface area contributed by atoms with Crippen molar-refractivity contribution in [3.05, 3.63) is 22.7 Å². The Kier molecular flexibility index (Phi) is 11.4. The normalized spacial score (nSPS) is 16.0. The highest BCUT2D eigenvalue weighted by Crippen LogP contribution is 2.30. The fourth-order valence-electron chi connectivity index (χ4n) is 3.31. The highest BCUT2D eigenvalue weighted by molar-refractivity contribution is 6.33. The number of β-amino-alcohol motifs (C(OH)–C–C–N with tert-alkyl or cyclic N) is 1. The molecule has 1 aliphatic heterocycles. The van der Waals surface area contributed by atoms with Gasteiger partial charge in [-0.05, 0) is 44.8 Å². The molecule has 1 amide bonds. The first kappa shape index (κ1) is 26.1. The van der Waals surface area contributed by atoms with Crippen LogP contribution < -0.4 is 10.5 Å². The molecule has 0 saturated carbocycles. The molecule has 1 aliphatic rings. The van der Waals surface area contributed by atoms with E-state index < -0.39 is 0 Å². The summed E-state index contributed by atoms with van der Waals surface area (Å²) in [6.45, 7) is 5.11. The van der Waals surface area contributed by atoms with Gasteiger partial charge in [-0.3, -0.25) is 4.79 Å². The minimum absolute atomic E-state index is 0. The molecule has 1 aromatic rings. The molecule has 3 N–H and O–H groups in total. The average Bonchev–Trinajstić information content (AvgIpc) is 2.57. The van der Waals surface area contributed by atoms with Gasteiger partial charge in [-0.15, -0.1) is 24.8 Å². The number of nitrogens with zero attached hydrogens (tertiary/aromatic N) is 2. The van der Waals surface area contributed by atoms with E-state index in [2.05, 4.69) is 4.90 Å². The Labute approximate surface area is 178 Å². The summed E-state index contributed by atoms with van der Waals surface area (Å²) < 4.78 is 5.28. The van der Waals surface area contributed by atoms with Crippen molar-refractivity contribution < 1.29 is 14.6 Å². The number of piperidine rings is 1. The van der Waals surface area contributed by atoms with Crippen molar-refractivity contribution in [2.24, 2.45) is 5.92 Å². The van der Waals surface area contributed by atoms with E-state index in [9.17, 15) is 9.90 Å². The summed E-state index contributed by atoms with van der Waals surface area (Å²) in [5.41, 5.74) is 6.60. The molecular formula is C18H30Cl3N3O3. The smallest absolute Gasteiger partial charge is 0.257 e. The van der Waals surface area contributed by atoms with Crippen molar-refractivity contribution >= 4 is 48.0 Å². The zero-order valence-corrected chi connectivity index (χ0v) is 18.4. The van der Waals surface area contributed by atoms with Gasteiger partial charge in [0.05, 0.1) is 29.5 Å². The van der Waals surface area contributed by atoms with Crippen LogP contribution in [0.2, 0.25) is 5.02 Å². The lowest BCUT2D eigenvalue weighted by Crippen LogP contribution is -2.41. The van der Waals surface area contributed by atoms with Gasteiger partial charge in [0.25, 0.3) is 5.91 Å². The number of nitrogen functional groups attached to an aromatic ring is 1. The molecule has 1 saturated heterocycles. The molecule has 0 spiro atoms. The van der Waals surface area contributed by atoms with Crippen LogP contribution in [0, 0.1) is 5.92 Å². The Morgan fingerprint density at radius 3 is 2.52 bits per heavy atom. The van der Waals surface area contributed by atoms with Gasteiger partial charge in [-0.25, -0.2) is 0 Å². The quantitative estimate of drug-likeness (QED) is 0.662. The summed E-state index contributed by atoms with van der Waals surface area (Å²) in [5, 5.41) is 9.83. The molecule has 156 valence electrons. The molecule has 1 atom stereocenters. The summed E-state index contributed by atoms with van der Waals surface area (Å²) in [7, 11) is 3.31. The lowest BCUT2D eigenvalue weighted by atomic mass is 9.96. The zero-order valence-electron chi connectivity index (χ0n) is 16.0. The number of aliphatic hydroxyl groups is 1. The third-order valence-electron chi connectivity index (χ3n) is 4.66. The van der Waals surface area contributed by atoms with E-state index in [-0.39, 0.29) is 36.8 Å². The van der Waals surface area contributed by atoms with Crippen LogP contribution in [0.1, 0.15) is 30.1 Å². The second kappa shape index (κ2) is 11.8. The number of nitrogens with two attached hydrogens (primary N) is 1. The second-order valence-corrected chi connectivity index (χ2v) is 7.26. The van der Waals surface area contributed by atoms with E-state index in [1.807, 2.05) is 6.92 Å². The monoisotopic (exact) mass is 441 g/mol. The number of benzene rings is 1. The molecule has 0 radical (unpaired) electrons. The minimum atomic E-state index is -0.302. The number of likely N-dealkylation sites (tertiary alicyclic amines) is 1. The molecule has 9 heteroatoms. The minimum Gasteiger partial charge on any atom is -0.496 e. The number of rotatable bonds is 6. The first-order valence-electron chi connectivity index (χ1n) is 8.60. The molecule has 1 unspecified atom stereocenters. The van der Waals surface area contributed by atoms with Gasteiger partial charge in [0.2, 0.25) is 0 Å². The fourth-order valence-corrected chi connectivity index (χ4v) is 3.47. The van der Waals surface area contributed by atoms with Gasteiger partial charge in [-0.2, -0.15) is 0 Å². The van der Waals surface area contributed by atoms with E-state index in [1.54, 1.807) is 24.1 Å². The SMILES string of the molecule is COc1cc(N)c(Cl)cc1C(=O)N(C)CC1CCN(CC(C)O)CC1.Cl.Cl. The number of amides is 1. The fraction of sp³-hybridized carbons (Fsp3) is 0.611. The molecule has 0 aromatic heterocycles. The molecular weight excluding hydrogens is 413 g/mol. The molecule has 27 heavy (non-hydrogen) atoms. The first-order chi connectivity index (χ1) is 11.8. The maximum atomic E-state index is 12.8. The number of halogens is 3. The van der Waals surface area contributed by atoms with Crippen molar-refractivity contribution in [3.63, 3.8) is 0 Å². The van der Waals surface area contributed by atoms with Gasteiger partial charge >= 0.3 is 0 Å². The average molecular weight is 443 g/mol. The van der Waals surface area contributed by atoms with Crippen molar-refractivity contribution in [1.29, 1.82) is 0 Å². The van der Waals surface area contributed by atoms with Crippen molar-refractivity contribution in [2.75, 3.05) is 46.1 Å². The summed E-state index contributed by atoms with van der Waals surface area (Å²) in [6.07, 6.45) is 1.73. The third kappa shape index (κ3) is 7.20. The summed E-state index contributed by atoms with van der Waals surface area (Å²) in [5.74, 6) is 0.769. The van der Waals surface area contributed by atoms with E-state index in [1.165, 1.54) is 7.11 Å². The van der Waals surface area contributed by atoms with Gasteiger partial charge in [0, 0.05) is 26.2 Å². The van der Waals surface area contributed by atoms with Crippen molar-refractivity contribution in [1.82, 2.24) is 9.80 Å². The maximum Gasteiger partial charge on any atom is 0.257 e. The van der Waals surface area contributed by atoms with Crippen LogP contribution in [0.3, 0.4) is 0 Å². The molecule has 1 fully saturated rings. The number of hydrogen-bond donors (Lipinski definition) is 2. The number of hydrogen-bond acceptors (Lipinski definition) is 5. The van der Waals surface area contributed by atoms with Crippen LogP contribution in [0.15, 0.2) is 12.1 Å². The van der Waals surface area contributed by atoms with E-state index in [0.29, 0.717) is 41.0 Å². The third-order valence-corrected chi connectivity index (χ3v) is 4.98. The largest absolute Gasteiger partial charge is 0.496 e. The highest BCUT2D eigenvalue weighted by Gasteiger charge is 2.24. The summed E-state index contributed by atoms with van der Waals surface area (Å²) in [4.78, 5) is 16.8. The van der Waals surface area contributed by atoms with Gasteiger partial charge in [0.1, 0.15) is 5.75 Å². The molecule has 1 aromatic carbocycles. The first-order valence-corrected chi connectivity index (χ1v) is 8.98. The summed E-state index contributed by atoms with van der Waals surface area (Å²) in [6, 6.07) is 3.15. The van der Waals surface area contributed by atoms with Gasteiger partial charge in [0.15, 0.2) is 0 Å². The molecule has 0 bridgehead atoms. The van der Waals surface area contributed by atoms with Gasteiger partial charge < -0.3 is 25.4 Å². The number of carbonyl (C=O) groups is 1. The molecule has 0 aliphatic carbocycles. The van der Waals surface area contributed by atoms with Gasteiger partial charge in [-0.1, -0.05) is 11.6 Å². The molecule has 2 rings (SSSR count). The number of methoxy groups -OCH3 is 1. The Bertz CT molecular complexity index is 609. The van der Waals surface area contributed by atoms with Crippen LogP contribution in [-0.4, -0.2) is 67.3 Å². The van der Waals surface area contributed by atoms with Crippen LogP contribution in [-0.2, 0) is 0 Å². The van der Waals surface area contributed by atoms with E-state index in [4.69, 9.17) is 22.1 Å². The number of anilines is 1. The highest BCUT2D eigenvalue weighted by atomic mass is 35.5. The lowest BCUT2D eigenvalue weighted by Gasteiger charge is -2.34. The Morgan fingerprint density at radius 2 is 2.00 bits per heavy atom. The van der Waals surface area contributed by atoms with Crippen molar-refractivity contribution in [2.45, 2.75) is 25.9 Å². The Morgan fingerprint density at radius 1 is 1.41 bits per heavy atom. The Balaban J connectivity index is 0.00000338. The van der Waals surface area contributed by atoms with Crippen LogP contribution >= 0.6 is 36.4 Å². The van der Waals surface area contributed by atoms with Crippen LogP contribution in [0.4, 0.5) is 5.69 Å². The van der Waals surface area contributed by atoms with Crippen LogP contribution in [0.5, 0.6) is 5.75 Å². The summed E-state index contributed by atoms with van der Waals surface area (Å²) >= 11 is 6.06. The van der Waals surface area contributed by atoms with E-state index in [0.717, 1.165) is 25.9 Å². The number of carbonyl (C=O) groups excluding carboxylic acids is 1. The standard InChI is InChI=1S/C18H28ClN3O3.2ClH/c1-12(23)10-22-6-4-13(5-7-22)11-21(2)18(24)14-8-15(19)16(20)9-17(14)25-3;;/h8-9,12-13,23H,4-7,10-11,20H2,1-3H3;2*1H. The second-order valence-electron chi connectivity index (χ2n) is 6.85. The lowest BCUT2D eigenvalue weighted by molar-refractivity contribution is 0.0700. The van der Waals surface area contributed by atoms with E-state index >= 15 is 0 Å². The topological polar surface area (TPSA) is 79.0 Å².